The van der Waals surface area contributed by atoms with Gasteiger partial charge < -0.3 is 9.84 Å². The van der Waals surface area contributed by atoms with Crippen molar-refractivity contribution in [3.05, 3.63) is 54.1 Å². The third-order valence-corrected chi connectivity index (χ3v) is 3.99. The Kier molecular flexibility index (Phi) is 2.53. The van der Waals surface area contributed by atoms with Crippen LogP contribution in [0.4, 0.5) is 0 Å². The Hall–Kier alpha value is -2.34. The van der Waals surface area contributed by atoms with E-state index in [1.54, 1.807) is 30.3 Å². The number of aromatic hydroxyl groups is 1. The molecule has 1 N–H and O–H groups in total. The molecule has 0 aliphatic carbocycles. The van der Waals surface area contributed by atoms with Crippen molar-refractivity contribution in [2.24, 2.45) is 4.40 Å². The molecule has 0 atom stereocenters. The quantitative estimate of drug-likeness (QED) is 0.862. The summed E-state index contributed by atoms with van der Waals surface area (Å²) in [6, 6.07) is 12.7. The molecule has 96 valence electrons. The highest BCUT2D eigenvalue weighted by Gasteiger charge is 2.30. The first-order valence-corrected chi connectivity index (χ1v) is 6.92. The normalized spacial score (nSPS) is 15.7. The molecule has 0 amide bonds. The van der Waals surface area contributed by atoms with Gasteiger partial charge in [0.05, 0.1) is 5.56 Å². The maximum Gasteiger partial charge on any atom is 0.286 e. The minimum absolute atomic E-state index is 0.0305. The second-order valence-electron chi connectivity index (χ2n) is 3.94. The SMILES string of the molecule is O=S1(=O)N=C(Oc2ccccc2O)c2ccccc21. The van der Waals surface area contributed by atoms with Gasteiger partial charge in [-0.15, -0.1) is 4.40 Å². The highest BCUT2D eigenvalue weighted by atomic mass is 32.2. The van der Waals surface area contributed by atoms with E-state index in [0.717, 1.165) is 0 Å². The van der Waals surface area contributed by atoms with Crippen LogP contribution in [0.5, 0.6) is 11.5 Å². The lowest BCUT2D eigenvalue weighted by Crippen LogP contribution is -2.07. The lowest BCUT2D eigenvalue weighted by atomic mass is 10.2. The molecule has 3 rings (SSSR count). The summed E-state index contributed by atoms with van der Waals surface area (Å²) in [6.45, 7) is 0. The summed E-state index contributed by atoms with van der Waals surface area (Å²) in [7, 11) is -3.71. The van der Waals surface area contributed by atoms with Crippen LogP contribution in [0.3, 0.4) is 0 Å². The predicted octanol–water partition coefficient (Wildman–Crippen LogP) is 1.92. The van der Waals surface area contributed by atoms with E-state index in [9.17, 15) is 13.5 Å². The molecule has 19 heavy (non-hydrogen) atoms. The van der Waals surface area contributed by atoms with E-state index in [1.807, 2.05) is 0 Å². The standard InChI is InChI=1S/C13H9NO4S/c15-10-6-2-3-7-11(10)18-13-9-5-1-4-8-12(9)19(16,17)14-13/h1-8,15H. The highest BCUT2D eigenvalue weighted by molar-refractivity contribution is 7.90. The first kappa shape index (κ1) is 11.7. The van der Waals surface area contributed by atoms with Gasteiger partial charge in [0.2, 0.25) is 5.90 Å². The van der Waals surface area contributed by atoms with Gasteiger partial charge in [-0.25, -0.2) is 0 Å². The van der Waals surface area contributed by atoms with Gasteiger partial charge in [-0.05, 0) is 24.3 Å². The van der Waals surface area contributed by atoms with Crippen molar-refractivity contribution in [1.82, 2.24) is 0 Å². The Bertz CT molecular complexity index is 781. The van der Waals surface area contributed by atoms with Crippen LogP contribution in [0, 0.1) is 0 Å². The van der Waals surface area contributed by atoms with Crippen molar-refractivity contribution in [1.29, 1.82) is 0 Å². The molecule has 2 aromatic carbocycles. The van der Waals surface area contributed by atoms with Gasteiger partial charge in [-0.2, -0.15) is 8.42 Å². The van der Waals surface area contributed by atoms with Crippen molar-refractivity contribution in [2.75, 3.05) is 0 Å². The Labute approximate surface area is 109 Å². The summed E-state index contributed by atoms with van der Waals surface area (Å²) < 4.78 is 32.6. The van der Waals surface area contributed by atoms with Gasteiger partial charge in [0.1, 0.15) is 4.90 Å². The third kappa shape index (κ3) is 1.96. The summed E-state index contributed by atoms with van der Waals surface area (Å²) in [5.74, 6) is 0.0530. The molecular formula is C13H9NO4S. The highest BCUT2D eigenvalue weighted by Crippen LogP contribution is 2.30. The smallest absolute Gasteiger partial charge is 0.286 e. The number of fused-ring (bicyclic) bond motifs is 1. The number of hydrogen-bond donors (Lipinski definition) is 1. The van der Waals surface area contributed by atoms with Gasteiger partial charge in [0, 0.05) is 0 Å². The molecule has 1 heterocycles. The van der Waals surface area contributed by atoms with Crippen LogP contribution in [-0.4, -0.2) is 19.4 Å². The van der Waals surface area contributed by atoms with E-state index in [-0.39, 0.29) is 22.3 Å². The Morgan fingerprint density at radius 1 is 1.00 bits per heavy atom. The lowest BCUT2D eigenvalue weighted by molar-refractivity contribution is 0.435. The minimum Gasteiger partial charge on any atom is -0.504 e. The second kappa shape index (κ2) is 4.10. The van der Waals surface area contributed by atoms with E-state index in [1.165, 1.54) is 18.2 Å². The van der Waals surface area contributed by atoms with Gasteiger partial charge in [-0.3, -0.25) is 0 Å². The fourth-order valence-electron chi connectivity index (χ4n) is 1.80. The van der Waals surface area contributed by atoms with Crippen molar-refractivity contribution in [3.8, 4) is 11.5 Å². The van der Waals surface area contributed by atoms with E-state index < -0.39 is 10.0 Å². The molecule has 0 bridgehead atoms. The molecule has 0 radical (unpaired) electrons. The third-order valence-electron chi connectivity index (χ3n) is 2.67. The van der Waals surface area contributed by atoms with Crippen LogP contribution in [0.15, 0.2) is 57.8 Å². The molecule has 1 aliphatic rings. The molecule has 1 aliphatic heterocycles. The molecule has 0 saturated heterocycles. The van der Waals surface area contributed by atoms with Gasteiger partial charge in [0.25, 0.3) is 10.0 Å². The predicted molar refractivity (Wildman–Crippen MR) is 68.9 cm³/mol. The number of benzene rings is 2. The zero-order chi connectivity index (χ0) is 13.5. The molecule has 0 spiro atoms. The maximum absolute atomic E-state index is 11.8. The number of sulfonamides is 1. The van der Waals surface area contributed by atoms with Crippen LogP contribution in [-0.2, 0) is 10.0 Å². The van der Waals surface area contributed by atoms with Crippen LogP contribution in [0.2, 0.25) is 0 Å². The van der Waals surface area contributed by atoms with Crippen LogP contribution in [0.25, 0.3) is 0 Å². The largest absolute Gasteiger partial charge is 0.504 e. The van der Waals surface area contributed by atoms with E-state index in [2.05, 4.69) is 4.40 Å². The first-order valence-electron chi connectivity index (χ1n) is 5.48. The van der Waals surface area contributed by atoms with Gasteiger partial charge in [-0.1, -0.05) is 24.3 Å². The Balaban J connectivity index is 2.07. The monoisotopic (exact) mass is 275 g/mol. The molecule has 6 heteroatoms. The first-order chi connectivity index (χ1) is 9.08. The number of ether oxygens (including phenoxy) is 1. The van der Waals surface area contributed by atoms with Crippen molar-refractivity contribution in [3.63, 3.8) is 0 Å². The van der Waals surface area contributed by atoms with Gasteiger partial charge >= 0.3 is 0 Å². The summed E-state index contributed by atoms with van der Waals surface area (Å²) in [4.78, 5) is 0.112. The Morgan fingerprint density at radius 3 is 2.47 bits per heavy atom. The molecule has 2 aromatic rings. The molecule has 0 unspecified atom stereocenters. The van der Waals surface area contributed by atoms with Gasteiger partial charge in [0.15, 0.2) is 11.5 Å². The van der Waals surface area contributed by atoms with Crippen LogP contribution < -0.4 is 4.74 Å². The molecule has 5 nitrogen and oxygen atoms in total. The van der Waals surface area contributed by atoms with E-state index in [0.29, 0.717) is 5.56 Å². The zero-order valence-electron chi connectivity index (χ0n) is 9.65. The summed E-state index contributed by atoms with van der Waals surface area (Å²) in [5, 5.41) is 9.62. The summed E-state index contributed by atoms with van der Waals surface area (Å²) >= 11 is 0. The number of phenols is 1. The van der Waals surface area contributed by atoms with E-state index >= 15 is 0 Å². The van der Waals surface area contributed by atoms with Crippen LogP contribution >= 0.6 is 0 Å². The van der Waals surface area contributed by atoms with Crippen molar-refractivity contribution in [2.45, 2.75) is 4.90 Å². The summed E-state index contributed by atoms with van der Waals surface area (Å²) in [5.41, 5.74) is 0.394. The number of nitrogens with zero attached hydrogens (tertiary/aromatic N) is 1. The number of phenolic OH excluding ortho intramolecular Hbond substituents is 1. The number of rotatable bonds is 1. The topological polar surface area (TPSA) is 76.0 Å². The average Bonchev–Trinajstić information content (AvgIpc) is 2.65. The number of para-hydroxylation sites is 2. The average molecular weight is 275 g/mol. The second-order valence-corrected chi connectivity index (χ2v) is 5.51. The fourth-order valence-corrected chi connectivity index (χ4v) is 2.93. The lowest BCUT2D eigenvalue weighted by Gasteiger charge is -2.06. The number of hydrogen-bond acceptors (Lipinski definition) is 4. The maximum atomic E-state index is 11.8. The zero-order valence-corrected chi connectivity index (χ0v) is 10.5. The molecule has 0 aromatic heterocycles. The molecular weight excluding hydrogens is 266 g/mol. The fraction of sp³-hybridized carbons (Fsp3) is 0. The summed E-state index contributed by atoms with van der Waals surface area (Å²) in [6.07, 6.45) is 0. The molecule has 0 fully saturated rings. The van der Waals surface area contributed by atoms with E-state index in [4.69, 9.17) is 4.74 Å². The minimum atomic E-state index is -3.71. The van der Waals surface area contributed by atoms with Crippen molar-refractivity contribution < 1.29 is 18.3 Å². The van der Waals surface area contributed by atoms with Crippen LogP contribution in [0.1, 0.15) is 5.56 Å². The molecule has 0 saturated carbocycles. The van der Waals surface area contributed by atoms with Crippen molar-refractivity contribution >= 4 is 15.9 Å². The Morgan fingerprint density at radius 2 is 1.68 bits per heavy atom.